The first-order chi connectivity index (χ1) is 9.61. The fourth-order valence-corrected chi connectivity index (χ4v) is 2.16. The van der Waals surface area contributed by atoms with Crippen molar-refractivity contribution >= 4 is 32.7 Å². The molecule has 0 saturated carbocycles. The van der Waals surface area contributed by atoms with E-state index in [1.165, 1.54) is 6.07 Å². The van der Waals surface area contributed by atoms with E-state index in [4.69, 9.17) is 4.42 Å². The SMILES string of the molecule is O=c1[nH]c2cc(NCc3ccc(Br)c(F)c3)ccc2o1. The number of aromatic nitrogens is 1. The number of hydrogen-bond donors (Lipinski definition) is 2. The maximum Gasteiger partial charge on any atom is 0.417 e. The maximum absolute atomic E-state index is 13.4. The third-order valence-electron chi connectivity index (χ3n) is 2.90. The zero-order chi connectivity index (χ0) is 14.1. The fraction of sp³-hybridized carbons (Fsp3) is 0.0714. The second-order valence-corrected chi connectivity index (χ2v) is 5.18. The molecule has 0 fully saturated rings. The third kappa shape index (κ3) is 2.60. The highest BCUT2D eigenvalue weighted by Gasteiger charge is 2.03. The number of oxazole rings is 1. The molecule has 0 saturated heterocycles. The first-order valence-corrected chi connectivity index (χ1v) is 6.72. The van der Waals surface area contributed by atoms with Gasteiger partial charge in [-0.15, -0.1) is 0 Å². The lowest BCUT2D eigenvalue weighted by atomic mass is 10.2. The molecule has 3 aromatic rings. The molecule has 1 aromatic heterocycles. The van der Waals surface area contributed by atoms with Crippen molar-refractivity contribution in [3.63, 3.8) is 0 Å². The molecule has 0 atom stereocenters. The van der Waals surface area contributed by atoms with Crippen LogP contribution in [0.25, 0.3) is 11.1 Å². The summed E-state index contributed by atoms with van der Waals surface area (Å²) in [6, 6.07) is 10.2. The van der Waals surface area contributed by atoms with Crippen LogP contribution in [0.2, 0.25) is 0 Å². The topological polar surface area (TPSA) is 58.0 Å². The summed E-state index contributed by atoms with van der Waals surface area (Å²) in [4.78, 5) is 13.6. The minimum atomic E-state index is -0.480. The predicted octanol–water partition coefficient (Wildman–Crippen LogP) is 3.63. The number of anilines is 1. The maximum atomic E-state index is 13.4. The van der Waals surface area contributed by atoms with Gasteiger partial charge in [0.1, 0.15) is 5.82 Å². The Morgan fingerprint density at radius 2 is 2.10 bits per heavy atom. The van der Waals surface area contributed by atoms with Crippen LogP contribution in [0.3, 0.4) is 0 Å². The Bertz CT molecular complexity index is 825. The number of halogens is 2. The first kappa shape index (κ1) is 12.9. The van der Waals surface area contributed by atoms with Crippen molar-refractivity contribution in [1.29, 1.82) is 0 Å². The van der Waals surface area contributed by atoms with Gasteiger partial charge in [-0.25, -0.2) is 9.18 Å². The van der Waals surface area contributed by atoms with E-state index in [0.29, 0.717) is 22.1 Å². The van der Waals surface area contributed by atoms with Crippen molar-refractivity contribution in [2.75, 3.05) is 5.32 Å². The normalized spacial score (nSPS) is 10.9. The molecule has 3 rings (SSSR count). The van der Waals surface area contributed by atoms with Crippen molar-refractivity contribution in [2.45, 2.75) is 6.54 Å². The molecular formula is C14H10BrFN2O2. The number of nitrogens with one attached hydrogen (secondary N) is 2. The predicted molar refractivity (Wildman–Crippen MR) is 78.3 cm³/mol. The standard InChI is InChI=1S/C14H10BrFN2O2/c15-10-3-1-8(5-11(10)16)7-17-9-2-4-13-12(6-9)18-14(19)20-13/h1-6,17H,7H2,(H,18,19). The van der Waals surface area contributed by atoms with E-state index in [9.17, 15) is 9.18 Å². The summed E-state index contributed by atoms with van der Waals surface area (Å²) in [6.45, 7) is 0.484. The van der Waals surface area contributed by atoms with Gasteiger partial charge in [0.2, 0.25) is 0 Å². The summed E-state index contributed by atoms with van der Waals surface area (Å²) >= 11 is 3.12. The lowest BCUT2D eigenvalue weighted by Gasteiger charge is -2.07. The highest BCUT2D eigenvalue weighted by molar-refractivity contribution is 9.10. The monoisotopic (exact) mass is 336 g/mol. The van der Waals surface area contributed by atoms with Gasteiger partial charge in [-0.2, -0.15) is 0 Å². The van der Waals surface area contributed by atoms with Crippen molar-refractivity contribution in [3.05, 3.63) is 62.8 Å². The number of hydrogen-bond acceptors (Lipinski definition) is 3. The number of aromatic amines is 1. The van der Waals surface area contributed by atoms with E-state index < -0.39 is 5.76 Å². The van der Waals surface area contributed by atoms with Gasteiger partial charge >= 0.3 is 5.76 Å². The zero-order valence-corrected chi connectivity index (χ0v) is 11.8. The van der Waals surface area contributed by atoms with Gasteiger partial charge in [-0.1, -0.05) is 6.07 Å². The van der Waals surface area contributed by atoms with Gasteiger partial charge < -0.3 is 9.73 Å². The molecule has 0 spiro atoms. The Kier molecular flexibility index (Phi) is 3.31. The third-order valence-corrected chi connectivity index (χ3v) is 3.54. The molecule has 0 aliphatic carbocycles. The average molecular weight is 337 g/mol. The molecule has 0 radical (unpaired) electrons. The fourth-order valence-electron chi connectivity index (χ4n) is 1.92. The van der Waals surface area contributed by atoms with E-state index >= 15 is 0 Å². The minimum Gasteiger partial charge on any atom is -0.408 e. The Balaban J connectivity index is 1.78. The van der Waals surface area contributed by atoms with Crippen LogP contribution in [-0.2, 0) is 6.54 Å². The Hall–Kier alpha value is -2.08. The van der Waals surface area contributed by atoms with Crippen LogP contribution >= 0.6 is 15.9 Å². The van der Waals surface area contributed by atoms with Crippen LogP contribution in [0, 0.1) is 5.82 Å². The second-order valence-electron chi connectivity index (χ2n) is 4.33. The summed E-state index contributed by atoms with van der Waals surface area (Å²) in [7, 11) is 0. The van der Waals surface area contributed by atoms with Gasteiger partial charge in [-0.05, 0) is 51.8 Å². The van der Waals surface area contributed by atoms with Gasteiger partial charge in [-0.3, -0.25) is 4.98 Å². The number of H-pyrrole nitrogens is 1. The largest absolute Gasteiger partial charge is 0.417 e. The Labute approximate surface area is 121 Å². The quantitative estimate of drug-likeness (QED) is 0.767. The van der Waals surface area contributed by atoms with E-state index in [2.05, 4.69) is 26.2 Å². The van der Waals surface area contributed by atoms with Crippen LogP contribution in [0.5, 0.6) is 0 Å². The molecule has 20 heavy (non-hydrogen) atoms. The molecule has 0 bridgehead atoms. The molecule has 1 heterocycles. The molecular weight excluding hydrogens is 327 g/mol. The van der Waals surface area contributed by atoms with Gasteiger partial charge in [0.25, 0.3) is 0 Å². The van der Waals surface area contributed by atoms with E-state index in [0.717, 1.165) is 11.3 Å². The molecule has 2 aromatic carbocycles. The highest BCUT2D eigenvalue weighted by Crippen LogP contribution is 2.19. The van der Waals surface area contributed by atoms with Crippen molar-refractivity contribution in [3.8, 4) is 0 Å². The van der Waals surface area contributed by atoms with Crippen LogP contribution in [-0.4, -0.2) is 4.98 Å². The van der Waals surface area contributed by atoms with E-state index in [1.54, 1.807) is 24.3 Å². The van der Waals surface area contributed by atoms with Crippen LogP contribution in [0.1, 0.15) is 5.56 Å². The highest BCUT2D eigenvalue weighted by atomic mass is 79.9. The molecule has 0 aliphatic heterocycles. The van der Waals surface area contributed by atoms with Crippen LogP contribution < -0.4 is 11.1 Å². The van der Waals surface area contributed by atoms with Gasteiger partial charge in [0.05, 0.1) is 9.99 Å². The minimum absolute atomic E-state index is 0.293. The van der Waals surface area contributed by atoms with E-state index in [1.807, 2.05) is 6.07 Å². The summed E-state index contributed by atoms with van der Waals surface area (Å²) in [5.41, 5.74) is 2.78. The molecule has 0 aliphatic rings. The van der Waals surface area contributed by atoms with Crippen molar-refractivity contribution in [2.24, 2.45) is 0 Å². The van der Waals surface area contributed by atoms with Crippen molar-refractivity contribution < 1.29 is 8.81 Å². The molecule has 6 heteroatoms. The second kappa shape index (κ2) is 5.13. The summed E-state index contributed by atoms with van der Waals surface area (Å²) in [5.74, 6) is -0.772. The Morgan fingerprint density at radius 3 is 2.90 bits per heavy atom. The number of rotatable bonds is 3. The molecule has 4 nitrogen and oxygen atoms in total. The average Bonchev–Trinajstić information content (AvgIpc) is 2.79. The van der Waals surface area contributed by atoms with E-state index in [-0.39, 0.29) is 5.82 Å². The lowest BCUT2D eigenvalue weighted by Crippen LogP contribution is -2.00. The summed E-state index contributed by atoms with van der Waals surface area (Å²) < 4.78 is 18.8. The van der Waals surface area contributed by atoms with Crippen molar-refractivity contribution in [1.82, 2.24) is 4.98 Å². The Morgan fingerprint density at radius 1 is 1.25 bits per heavy atom. The molecule has 2 N–H and O–H groups in total. The lowest BCUT2D eigenvalue weighted by molar-refractivity contribution is 0.555. The molecule has 0 unspecified atom stereocenters. The smallest absolute Gasteiger partial charge is 0.408 e. The first-order valence-electron chi connectivity index (χ1n) is 5.92. The summed E-state index contributed by atoms with van der Waals surface area (Å²) in [6.07, 6.45) is 0. The van der Waals surface area contributed by atoms with Gasteiger partial charge in [0.15, 0.2) is 5.58 Å². The van der Waals surface area contributed by atoms with Crippen LogP contribution in [0.15, 0.2) is 50.1 Å². The summed E-state index contributed by atoms with van der Waals surface area (Å²) in [5, 5.41) is 3.16. The van der Waals surface area contributed by atoms with Crippen LogP contribution in [0.4, 0.5) is 10.1 Å². The molecule has 0 amide bonds. The zero-order valence-electron chi connectivity index (χ0n) is 10.2. The molecule has 102 valence electrons. The number of fused-ring (bicyclic) bond motifs is 1. The number of benzene rings is 2. The van der Waals surface area contributed by atoms with Gasteiger partial charge in [0, 0.05) is 12.2 Å².